The monoisotopic (exact) mass is 298 g/mol. The van der Waals surface area contributed by atoms with Crippen molar-refractivity contribution in [2.75, 3.05) is 6.26 Å². The lowest BCUT2D eigenvalue weighted by Crippen LogP contribution is -2.10. The van der Waals surface area contributed by atoms with Crippen LogP contribution in [0.3, 0.4) is 0 Å². The van der Waals surface area contributed by atoms with Gasteiger partial charge in [-0.25, -0.2) is 0 Å². The number of hydrogen-bond acceptors (Lipinski definition) is 3. The second-order valence-electron chi connectivity index (χ2n) is 4.44. The summed E-state index contributed by atoms with van der Waals surface area (Å²) in [6.45, 7) is 1.94. The summed E-state index contributed by atoms with van der Waals surface area (Å²) in [7, 11) is 3.62. The molecule has 0 saturated carbocycles. The molecule has 1 aromatic heterocycles. The van der Waals surface area contributed by atoms with E-state index in [0.717, 1.165) is 22.1 Å². The molecule has 1 unspecified atom stereocenters. The molecule has 0 bridgehead atoms. The highest BCUT2D eigenvalue weighted by Gasteiger charge is 2.16. The van der Waals surface area contributed by atoms with Crippen LogP contribution in [0.15, 0.2) is 47.5 Å². The van der Waals surface area contributed by atoms with E-state index in [0.29, 0.717) is 0 Å². The highest BCUT2D eigenvalue weighted by Crippen LogP contribution is 2.24. The number of nitrogens with zero attached hydrogens (tertiary/aromatic N) is 2. The predicted molar refractivity (Wildman–Crippen MR) is 88.0 cm³/mol. The summed E-state index contributed by atoms with van der Waals surface area (Å²) in [5.74, 6) is -0.313. The van der Waals surface area contributed by atoms with Crippen LogP contribution in [0.25, 0.3) is 0 Å². The summed E-state index contributed by atoms with van der Waals surface area (Å²) < 4.78 is 0. The van der Waals surface area contributed by atoms with Gasteiger partial charge in [-0.3, -0.25) is 4.98 Å². The molecule has 20 heavy (non-hydrogen) atoms. The predicted octanol–water partition coefficient (Wildman–Crippen LogP) is 4.08. The molecule has 0 aliphatic heterocycles. The number of hydrogen-bond donors (Lipinski definition) is 0. The molecule has 1 atom stereocenters. The van der Waals surface area contributed by atoms with Crippen LogP contribution in [-0.2, 0) is 0 Å². The normalized spacial score (nSPS) is 11.7. The van der Waals surface area contributed by atoms with Crippen LogP contribution in [0, 0.1) is 18.3 Å². The van der Waals surface area contributed by atoms with Gasteiger partial charge in [-0.15, -0.1) is 20.6 Å². The molecule has 0 saturated heterocycles. The number of rotatable bonds is 4. The minimum Gasteiger partial charge on any atom is -0.261 e. The lowest BCUT2D eigenvalue weighted by atomic mass is 9.93. The molecule has 2 aromatic rings. The van der Waals surface area contributed by atoms with E-state index in [9.17, 15) is 5.26 Å². The first-order valence-electron chi connectivity index (χ1n) is 6.20. The highest BCUT2D eigenvalue weighted by atomic mass is 32.2. The van der Waals surface area contributed by atoms with Crippen molar-refractivity contribution >= 4 is 25.9 Å². The Balaban J connectivity index is 2.29. The molecule has 0 aliphatic rings. The first-order chi connectivity index (χ1) is 9.65. The first-order valence-corrected chi connectivity index (χ1v) is 7.93. The van der Waals surface area contributed by atoms with E-state index >= 15 is 0 Å². The summed E-state index contributed by atoms with van der Waals surface area (Å²) >= 11 is 1.69. The Hall–Kier alpha value is -1.62. The Kier molecular flexibility index (Phi) is 4.95. The molecule has 0 amide bonds. The maximum absolute atomic E-state index is 9.46. The van der Waals surface area contributed by atoms with Gasteiger partial charge in [0.05, 0.1) is 6.07 Å². The maximum atomic E-state index is 9.46. The Morgan fingerprint density at radius 2 is 1.95 bits per heavy atom. The smallest absolute Gasteiger partial charge is 0.101 e. The van der Waals surface area contributed by atoms with Gasteiger partial charge in [-0.05, 0) is 36.9 Å². The maximum Gasteiger partial charge on any atom is 0.101 e. The van der Waals surface area contributed by atoms with Crippen molar-refractivity contribution in [1.82, 2.24) is 4.98 Å². The van der Waals surface area contributed by atoms with E-state index in [1.54, 1.807) is 18.0 Å². The van der Waals surface area contributed by atoms with Crippen LogP contribution in [0.5, 0.6) is 0 Å². The zero-order valence-corrected chi connectivity index (χ0v) is 13.2. The summed E-state index contributed by atoms with van der Waals surface area (Å²) in [6, 6.07) is 14.4. The third-order valence-corrected chi connectivity index (χ3v) is 4.41. The fourth-order valence-corrected chi connectivity index (χ4v) is 2.68. The van der Waals surface area contributed by atoms with Crippen LogP contribution < -0.4 is 0 Å². The summed E-state index contributed by atoms with van der Waals surface area (Å²) in [5.41, 5.74) is 2.88. The van der Waals surface area contributed by atoms with Gasteiger partial charge in [0.2, 0.25) is 0 Å². The number of aryl methyl sites for hydroxylation is 1. The molecule has 2 rings (SSSR count). The number of pyridine rings is 1. The average molecular weight is 298 g/mol. The summed E-state index contributed by atoms with van der Waals surface area (Å²) in [6.07, 6.45) is 3.83. The van der Waals surface area contributed by atoms with Crippen molar-refractivity contribution in [3.8, 4) is 6.07 Å². The van der Waals surface area contributed by atoms with Gasteiger partial charge in [0.25, 0.3) is 0 Å². The fourth-order valence-electron chi connectivity index (χ4n) is 1.90. The molecule has 0 spiro atoms. The van der Waals surface area contributed by atoms with Crippen molar-refractivity contribution in [3.05, 3.63) is 59.4 Å². The van der Waals surface area contributed by atoms with Crippen LogP contribution in [-0.4, -0.2) is 16.5 Å². The third kappa shape index (κ3) is 3.28. The quantitative estimate of drug-likeness (QED) is 0.630. The van der Waals surface area contributed by atoms with E-state index in [2.05, 4.69) is 19.9 Å². The zero-order chi connectivity index (χ0) is 14.5. The first kappa shape index (κ1) is 14.8. The van der Waals surface area contributed by atoms with Gasteiger partial charge in [0, 0.05) is 27.6 Å². The third-order valence-electron chi connectivity index (χ3n) is 3.09. The average Bonchev–Trinajstić information content (AvgIpc) is 2.49. The van der Waals surface area contributed by atoms with E-state index in [1.165, 1.54) is 4.90 Å². The van der Waals surface area contributed by atoms with Gasteiger partial charge < -0.3 is 0 Å². The van der Waals surface area contributed by atoms with Gasteiger partial charge >= 0.3 is 0 Å². The Bertz CT molecular complexity index is 642. The molecular weight excluding hydrogens is 283 g/mol. The molecule has 100 valence electrons. The Labute approximate surface area is 126 Å². The topological polar surface area (TPSA) is 36.7 Å². The Morgan fingerprint density at radius 1 is 1.25 bits per heavy atom. The van der Waals surface area contributed by atoms with Crippen molar-refractivity contribution in [2.24, 2.45) is 0 Å². The molecule has 0 aliphatic carbocycles. The van der Waals surface area contributed by atoms with E-state index in [4.69, 9.17) is 0 Å². The second-order valence-corrected chi connectivity index (χ2v) is 5.86. The lowest BCUT2D eigenvalue weighted by Gasteiger charge is -2.13. The van der Waals surface area contributed by atoms with Gasteiger partial charge in [0.1, 0.15) is 5.92 Å². The van der Waals surface area contributed by atoms with Gasteiger partial charge in [-0.1, -0.05) is 18.2 Å². The SMILES string of the molecule is CSc1ccc(C(C#N)C(=P)c2ccc(C)nc2)cc1. The number of nitriles is 1. The van der Waals surface area contributed by atoms with Crippen molar-refractivity contribution in [3.63, 3.8) is 0 Å². The van der Waals surface area contributed by atoms with E-state index < -0.39 is 0 Å². The highest BCUT2D eigenvalue weighted by molar-refractivity contribution is 7.98. The van der Waals surface area contributed by atoms with Crippen molar-refractivity contribution < 1.29 is 0 Å². The summed E-state index contributed by atoms with van der Waals surface area (Å²) in [5, 5.41) is 10.3. The van der Waals surface area contributed by atoms with Crippen LogP contribution in [0.1, 0.15) is 22.7 Å². The summed E-state index contributed by atoms with van der Waals surface area (Å²) in [4.78, 5) is 5.47. The molecule has 1 aromatic carbocycles. The Morgan fingerprint density at radius 3 is 2.45 bits per heavy atom. The molecule has 2 nitrogen and oxygen atoms in total. The van der Waals surface area contributed by atoms with Crippen molar-refractivity contribution in [2.45, 2.75) is 17.7 Å². The van der Waals surface area contributed by atoms with E-state index in [1.807, 2.05) is 49.6 Å². The molecular formula is C16H15N2PS. The molecule has 0 radical (unpaired) electrons. The van der Waals surface area contributed by atoms with Gasteiger partial charge in [0.15, 0.2) is 0 Å². The van der Waals surface area contributed by atoms with Gasteiger partial charge in [-0.2, -0.15) is 5.26 Å². The van der Waals surface area contributed by atoms with Crippen LogP contribution >= 0.6 is 20.6 Å². The number of benzene rings is 1. The largest absolute Gasteiger partial charge is 0.261 e. The van der Waals surface area contributed by atoms with Crippen LogP contribution in [0.4, 0.5) is 0 Å². The second kappa shape index (κ2) is 6.70. The van der Waals surface area contributed by atoms with Crippen molar-refractivity contribution in [1.29, 1.82) is 5.26 Å². The molecule has 1 heterocycles. The molecule has 0 fully saturated rings. The van der Waals surface area contributed by atoms with E-state index in [-0.39, 0.29) is 5.92 Å². The standard InChI is InChI=1S/C16H15N2PS/c1-11-3-4-13(10-18-11)16(19)15(9-17)12-5-7-14(20-2)8-6-12/h3-8,10,15,19H,1-2H3. The number of thioether (sulfide) groups is 1. The van der Waals surface area contributed by atoms with Crippen LogP contribution in [0.2, 0.25) is 0 Å². The molecule has 4 heteroatoms. The zero-order valence-electron chi connectivity index (χ0n) is 11.4. The lowest BCUT2D eigenvalue weighted by molar-refractivity contribution is 1.14. The minimum atomic E-state index is -0.313. The minimum absolute atomic E-state index is 0.313. The molecule has 0 N–H and O–H groups in total. The number of aromatic nitrogens is 1. The fraction of sp³-hybridized carbons (Fsp3) is 0.188.